The summed E-state index contributed by atoms with van der Waals surface area (Å²) in [5.74, 6) is 0. The summed E-state index contributed by atoms with van der Waals surface area (Å²) in [6.45, 7) is 4.24. The number of hydrogen-bond acceptors (Lipinski definition) is 4. The third-order valence-corrected chi connectivity index (χ3v) is 3.43. The van der Waals surface area contributed by atoms with Crippen LogP contribution in [0.4, 0.5) is 0 Å². The van der Waals surface area contributed by atoms with Crippen molar-refractivity contribution in [3.05, 3.63) is 46.0 Å². The van der Waals surface area contributed by atoms with Crippen LogP contribution in [0, 0.1) is 13.8 Å². The first-order valence-corrected chi connectivity index (χ1v) is 6.01. The van der Waals surface area contributed by atoms with Gasteiger partial charge in [0, 0.05) is 0 Å². The minimum absolute atomic E-state index is 0.194. The molecule has 0 saturated carbocycles. The first-order chi connectivity index (χ1) is 7.72. The molecule has 1 unspecified atom stereocenters. The van der Waals surface area contributed by atoms with Crippen LogP contribution in [-0.4, -0.2) is 16.6 Å². The molecule has 0 amide bonds. The average Bonchev–Trinajstić information content (AvgIpc) is 2.78. The zero-order valence-corrected chi connectivity index (χ0v) is 10.5. The summed E-state index contributed by atoms with van der Waals surface area (Å²) in [4.78, 5) is 1.15. The van der Waals surface area contributed by atoms with Crippen molar-refractivity contribution in [2.45, 2.75) is 19.9 Å². The fourth-order valence-corrected chi connectivity index (χ4v) is 2.46. The summed E-state index contributed by atoms with van der Waals surface area (Å²) in [6.07, 6.45) is 1.83. The van der Waals surface area contributed by atoms with Crippen molar-refractivity contribution in [2.75, 3.05) is 7.05 Å². The van der Waals surface area contributed by atoms with Gasteiger partial charge in [-0.15, -0.1) is 5.10 Å². The van der Waals surface area contributed by atoms with Gasteiger partial charge in [-0.05, 0) is 43.6 Å². The number of benzene rings is 1. The Morgan fingerprint density at radius 2 is 2.12 bits per heavy atom. The molecule has 0 aliphatic rings. The molecular formula is C12H15N3S. The Morgan fingerprint density at radius 3 is 2.75 bits per heavy atom. The van der Waals surface area contributed by atoms with E-state index in [4.69, 9.17) is 0 Å². The second kappa shape index (κ2) is 4.72. The molecule has 0 spiro atoms. The monoisotopic (exact) mass is 233 g/mol. The topological polar surface area (TPSA) is 37.8 Å². The van der Waals surface area contributed by atoms with Gasteiger partial charge in [-0.25, -0.2) is 0 Å². The van der Waals surface area contributed by atoms with E-state index < -0.39 is 0 Å². The molecule has 0 bridgehead atoms. The Balaban J connectivity index is 2.44. The summed E-state index contributed by atoms with van der Waals surface area (Å²) in [5, 5.41) is 7.22. The van der Waals surface area contributed by atoms with Crippen molar-refractivity contribution in [1.29, 1.82) is 0 Å². The van der Waals surface area contributed by atoms with Crippen LogP contribution in [0.3, 0.4) is 0 Å². The van der Waals surface area contributed by atoms with Crippen molar-refractivity contribution in [3.63, 3.8) is 0 Å². The van der Waals surface area contributed by atoms with Gasteiger partial charge in [0.1, 0.15) is 0 Å². The molecule has 0 fully saturated rings. The molecule has 1 aromatic heterocycles. The largest absolute Gasteiger partial charge is 0.309 e. The standard InChI is InChI=1S/C12H15N3S/c1-8-4-5-9(2)10(6-8)12(13-3)11-7-14-15-16-11/h4-7,12-13H,1-3H3. The third kappa shape index (κ3) is 2.13. The van der Waals surface area contributed by atoms with E-state index in [2.05, 4.69) is 47.0 Å². The first-order valence-electron chi connectivity index (χ1n) is 5.24. The van der Waals surface area contributed by atoms with E-state index in [0.29, 0.717) is 0 Å². The zero-order chi connectivity index (χ0) is 11.5. The minimum Gasteiger partial charge on any atom is -0.309 e. The molecule has 2 aromatic rings. The van der Waals surface area contributed by atoms with Crippen LogP contribution in [0.1, 0.15) is 27.6 Å². The maximum absolute atomic E-state index is 3.92. The lowest BCUT2D eigenvalue weighted by Gasteiger charge is -2.17. The predicted octanol–water partition coefficient (Wildman–Crippen LogP) is 2.46. The van der Waals surface area contributed by atoms with Gasteiger partial charge in [0.2, 0.25) is 0 Å². The molecule has 0 radical (unpaired) electrons. The van der Waals surface area contributed by atoms with Gasteiger partial charge >= 0.3 is 0 Å². The molecule has 1 aromatic carbocycles. The summed E-state index contributed by atoms with van der Waals surface area (Å²) >= 11 is 1.44. The molecule has 3 nitrogen and oxygen atoms in total. The van der Waals surface area contributed by atoms with Crippen molar-refractivity contribution in [1.82, 2.24) is 14.9 Å². The highest BCUT2D eigenvalue weighted by molar-refractivity contribution is 7.05. The number of rotatable bonds is 3. The van der Waals surface area contributed by atoms with Crippen LogP contribution in [0.25, 0.3) is 0 Å². The Hall–Kier alpha value is -1.26. The average molecular weight is 233 g/mol. The number of nitrogens with zero attached hydrogens (tertiary/aromatic N) is 2. The summed E-state index contributed by atoms with van der Waals surface area (Å²) < 4.78 is 3.92. The molecule has 1 N–H and O–H groups in total. The molecule has 2 rings (SSSR count). The van der Waals surface area contributed by atoms with Crippen LogP contribution in [0.15, 0.2) is 24.4 Å². The zero-order valence-electron chi connectivity index (χ0n) is 9.69. The van der Waals surface area contributed by atoms with E-state index in [1.165, 1.54) is 28.2 Å². The maximum atomic E-state index is 3.92. The summed E-state index contributed by atoms with van der Waals surface area (Å²) in [6, 6.07) is 6.70. The Kier molecular flexibility index (Phi) is 3.31. The fraction of sp³-hybridized carbons (Fsp3) is 0.333. The first kappa shape index (κ1) is 11.2. The molecule has 1 atom stereocenters. The number of aryl methyl sites for hydroxylation is 2. The normalized spacial score (nSPS) is 12.7. The van der Waals surface area contributed by atoms with Gasteiger partial charge in [0.15, 0.2) is 0 Å². The second-order valence-corrected chi connectivity index (χ2v) is 4.72. The van der Waals surface area contributed by atoms with E-state index in [0.717, 1.165) is 4.88 Å². The number of hydrogen-bond donors (Lipinski definition) is 1. The molecular weight excluding hydrogens is 218 g/mol. The number of aromatic nitrogens is 2. The van der Waals surface area contributed by atoms with Crippen molar-refractivity contribution >= 4 is 11.5 Å². The van der Waals surface area contributed by atoms with Crippen LogP contribution in [-0.2, 0) is 0 Å². The van der Waals surface area contributed by atoms with E-state index in [-0.39, 0.29) is 6.04 Å². The molecule has 4 heteroatoms. The van der Waals surface area contributed by atoms with Crippen LogP contribution in [0.5, 0.6) is 0 Å². The van der Waals surface area contributed by atoms with Crippen LogP contribution in [0.2, 0.25) is 0 Å². The fourth-order valence-electron chi connectivity index (χ4n) is 1.82. The van der Waals surface area contributed by atoms with Gasteiger partial charge in [0.05, 0.1) is 17.1 Å². The molecule has 84 valence electrons. The van der Waals surface area contributed by atoms with Gasteiger partial charge in [0.25, 0.3) is 0 Å². The van der Waals surface area contributed by atoms with Crippen molar-refractivity contribution in [2.24, 2.45) is 0 Å². The second-order valence-electron chi connectivity index (χ2n) is 3.90. The molecule has 16 heavy (non-hydrogen) atoms. The smallest absolute Gasteiger partial charge is 0.0703 e. The third-order valence-electron chi connectivity index (χ3n) is 2.70. The van der Waals surface area contributed by atoms with E-state index in [1.54, 1.807) is 0 Å². The van der Waals surface area contributed by atoms with E-state index in [1.807, 2.05) is 13.2 Å². The quantitative estimate of drug-likeness (QED) is 0.885. The Labute approximate surface area is 99.7 Å². The maximum Gasteiger partial charge on any atom is 0.0703 e. The van der Waals surface area contributed by atoms with Gasteiger partial charge in [-0.1, -0.05) is 28.3 Å². The lowest BCUT2D eigenvalue weighted by Crippen LogP contribution is -2.17. The van der Waals surface area contributed by atoms with Crippen molar-refractivity contribution < 1.29 is 0 Å². The highest BCUT2D eigenvalue weighted by Crippen LogP contribution is 2.26. The number of nitrogens with one attached hydrogen (secondary N) is 1. The van der Waals surface area contributed by atoms with E-state index >= 15 is 0 Å². The lowest BCUT2D eigenvalue weighted by molar-refractivity contribution is 0.697. The summed E-state index contributed by atoms with van der Waals surface area (Å²) in [5.41, 5.74) is 3.87. The summed E-state index contributed by atoms with van der Waals surface area (Å²) in [7, 11) is 1.96. The van der Waals surface area contributed by atoms with Gasteiger partial charge < -0.3 is 5.32 Å². The SMILES string of the molecule is CNC(c1cnns1)c1cc(C)ccc1C. The van der Waals surface area contributed by atoms with Crippen molar-refractivity contribution in [3.8, 4) is 0 Å². The van der Waals surface area contributed by atoms with Gasteiger partial charge in [-0.2, -0.15) is 0 Å². The predicted molar refractivity (Wildman–Crippen MR) is 66.7 cm³/mol. The minimum atomic E-state index is 0.194. The molecule has 0 saturated heterocycles. The lowest BCUT2D eigenvalue weighted by atomic mass is 9.98. The van der Waals surface area contributed by atoms with Gasteiger partial charge in [-0.3, -0.25) is 0 Å². The Morgan fingerprint density at radius 1 is 1.31 bits per heavy atom. The van der Waals surface area contributed by atoms with E-state index in [9.17, 15) is 0 Å². The molecule has 0 aliphatic carbocycles. The highest BCUT2D eigenvalue weighted by Gasteiger charge is 2.16. The molecule has 1 heterocycles. The van der Waals surface area contributed by atoms with Crippen LogP contribution < -0.4 is 5.32 Å². The highest BCUT2D eigenvalue weighted by atomic mass is 32.1. The van der Waals surface area contributed by atoms with Crippen LogP contribution >= 0.6 is 11.5 Å². The molecule has 0 aliphatic heterocycles. The Bertz CT molecular complexity index is 465.